The van der Waals surface area contributed by atoms with Crippen LogP contribution < -0.4 is 24.3 Å². The normalized spacial score (nSPS) is 14.1. The number of rotatable bonds is 13. The number of amides is 4. The molecule has 1 fully saturated rings. The SMILES string of the molecule is CCCOc1ccc(CN2C(=O)NC(=O)/C(=C\c3cc(Cl)c(OCc4cccc(F)c4)c(OCC)c3)C2=O)cc1OCC. The lowest BCUT2D eigenvalue weighted by atomic mass is 10.1. The Morgan fingerprint density at radius 1 is 0.860 bits per heavy atom. The average Bonchev–Trinajstić information content (AvgIpc) is 2.97. The van der Waals surface area contributed by atoms with E-state index in [1.165, 1.54) is 24.3 Å². The van der Waals surface area contributed by atoms with E-state index in [1.54, 1.807) is 43.3 Å². The van der Waals surface area contributed by atoms with Crippen molar-refractivity contribution < 1.29 is 37.7 Å². The molecule has 0 aromatic heterocycles. The fourth-order valence-corrected chi connectivity index (χ4v) is 4.57. The van der Waals surface area contributed by atoms with Crippen LogP contribution in [0.15, 0.2) is 60.2 Å². The largest absolute Gasteiger partial charge is 0.490 e. The molecule has 43 heavy (non-hydrogen) atoms. The molecule has 1 saturated heterocycles. The summed E-state index contributed by atoms with van der Waals surface area (Å²) < 4.78 is 36.6. The first-order valence-corrected chi connectivity index (χ1v) is 14.2. The maximum absolute atomic E-state index is 13.6. The number of carbonyl (C=O) groups is 3. The zero-order chi connectivity index (χ0) is 30.9. The van der Waals surface area contributed by atoms with Gasteiger partial charge in [-0.05, 0) is 79.4 Å². The second kappa shape index (κ2) is 14.6. The van der Waals surface area contributed by atoms with Gasteiger partial charge in [-0.3, -0.25) is 19.8 Å². The summed E-state index contributed by atoms with van der Waals surface area (Å²) in [6.07, 6.45) is 2.15. The van der Waals surface area contributed by atoms with Crippen LogP contribution >= 0.6 is 11.6 Å². The Balaban J connectivity index is 1.59. The van der Waals surface area contributed by atoms with Gasteiger partial charge in [0, 0.05) is 0 Å². The predicted octanol–water partition coefficient (Wildman–Crippen LogP) is 6.31. The van der Waals surface area contributed by atoms with E-state index >= 15 is 0 Å². The number of nitrogens with zero attached hydrogens (tertiary/aromatic N) is 1. The summed E-state index contributed by atoms with van der Waals surface area (Å²) in [5, 5.41) is 2.37. The van der Waals surface area contributed by atoms with Crippen LogP contribution in [-0.2, 0) is 22.7 Å². The van der Waals surface area contributed by atoms with Gasteiger partial charge in [-0.15, -0.1) is 0 Å². The molecule has 11 heteroatoms. The van der Waals surface area contributed by atoms with E-state index in [4.69, 9.17) is 30.5 Å². The quantitative estimate of drug-likeness (QED) is 0.179. The van der Waals surface area contributed by atoms with Crippen LogP contribution in [0.4, 0.5) is 9.18 Å². The first-order chi connectivity index (χ1) is 20.7. The van der Waals surface area contributed by atoms with Crippen molar-refractivity contribution in [3.8, 4) is 23.0 Å². The third-order valence-electron chi connectivity index (χ3n) is 6.21. The van der Waals surface area contributed by atoms with Crippen molar-refractivity contribution >= 4 is 35.5 Å². The van der Waals surface area contributed by atoms with Crippen molar-refractivity contribution in [1.29, 1.82) is 0 Å². The van der Waals surface area contributed by atoms with Crippen LogP contribution in [0.1, 0.15) is 43.9 Å². The lowest BCUT2D eigenvalue weighted by Crippen LogP contribution is -2.53. The number of nitrogens with one attached hydrogen (secondary N) is 1. The fourth-order valence-electron chi connectivity index (χ4n) is 4.29. The van der Waals surface area contributed by atoms with Crippen LogP contribution in [0.2, 0.25) is 5.02 Å². The number of ether oxygens (including phenoxy) is 4. The second-order valence-electron chi connectivity index (χ2n) is 9.45. The topological polar surface area (TPSA) is 103 Å². The van der Waals surface area contributed by atoms with Crippen molar-refractivity contribution in [1.82, 2.24) is 10.2 Å². The van der Waals surface area contributed by atoms with Crippen molar-refractivity contribution in [3.63, 3.8) is 0 Å². The van der Waals surface area contributed by atoms with Crippen molar-refractivity contribution in [3.05, 3.63) is 87.7 Å². The molecule has 1 heterocycles. The highest BCUT2D eigenvalue weighted by atomic mass is 35.5. The van der Waals surface area contributed by atoms with E-state index in [0.717, 1.165) is 11.3 Å². The van der Waals surface area contributed by atoms with Crippen LogP contribution in [0.25, 0.3) is 6.08 Å². The summed E-state index contributed by atoms with van der Waals surface area (Å²) in [5.41, 5.74) is 1.30. The first-order valence-electron chi connectivity index (χ1n) is 13.8. The smallest absolute Gasteiger partial charge is 0.331 e. The molecular weight excluding hydrogens is 579 g/mol. The Morgan fingerprint density at radius 3 is 2.35 bits per heavy atom. The standard InChI is InChI=1S/C32H32ClFN2O7/c1-4-12-42-26-11-10-20(16-27(26)40-5-2)18-36-31(38)24(30(37)35-32(36)39)14-22-15-25(33)29(28(17-22)41-6-3)43-19-21-8-7-9-23(34)13-21/h7-11,13-17H,4-6,12,18-19H2,1-3H3,(H,35,37,39)/b24-14+. The van der Waals surface area contributed by atoms with Gasteiger partial charge in [-0.25, -0.2) is 9.18 Å². The van der Waals surface area contributed by atoms with Gasteiger partial charge in [-0.2, -0.15) is 0 Å². The van der Waals surface area contributed by atoms with Crippen LogP contribution in [0.3, 0.4) is 0 Å². The first kappa shape index (κ1) is 31.4. The number of imide groups is 2. The molecular formula is C32H32ClFN2O7. The third-order valence-corrected chi connectivity index (χ3v) is 6.49. The number of hydrogen-bond donors (Lipinski definition) is 1. The Hall–Kier alpha value is -4.57. The van der Waals surface area contributed by atoms with Gasteiger partial charge >= 0.3 is 6.03 Å². The van der Waals surface area contributed by atoms with Crippen LogP contribution in [-0.4, -0.2) is 42.6 Å². The highest BCUT2D eigenvalue weighted by Gasteiger charge is 2.36. The minimum Gasteiger partial charge on any atom is -0.490 e. The Morgan fingerprint density at radius 2 is 1.63 bits per heavy atom. The highest BCUT2D eigenvalue weighted by molar-refractivity contribution is 6.33. The molecule has 0 unspecified atom stereocenters. The van der Waals surface area contributed by atoms with Crippen LogP contribution in [0.5, 0.6) is 23.0 Å². The Bertz CT molecular complexity index is 1540. The Labute approximate surface area is 254 Å². The predicted molar refractivity (Wildman–Crippen MR) is 159 cm³/mol. The van der Waals surface area contributed by atoms with E-state index in [9.17, 15) is 18.8 Å². The molecule has 1 N–H and O–H groups in total. The lowest BCUT2D eigenvalue weighted by Gasteiger charge is -2.26. The summed E-state index contributed by atoms with van der Waals surface area (Å²) in [7, 11) is 0. The number of hydrogen-bond acceptors (Lipinski definition) is 7. The average molecular weight is 611 g/mol. The second-order valence-corrected chi connectivity index (χ2v) is 9.86. The third kappa shape index (κ3) is 7.84. The molecule has 1 aliphatic heterocycles. The number of benzene rings is 3. The monoisotopic (exact) mass is 610 g/mol. The zero-order valence-corrected chi connectivity index (χ0v) is 24.8. The molecule has 3 aromatic rings. The summed E-state index contributed by atoms with van der Waals surface area (Å²) in [4.78, 5) is 39.8. The highest BCUT2D eigenvalue weighted by Crippen LogP contribution is 2.38. The number of carbonyl (C=O) groups excluding carboxylic acids is 3. The molecule has 4 amide bonds. The zero-order valence-electron chi connectivity index (χ0n) is 24.1. The van der Waals surface area contributed by atoms with Crippen molar-refractivity contribution in [2.75, 3.05) is 19.8 Å². The van der Waals surface area contributed by atoms with E-state index in [2.05, 4.69) is 5.32 Å². The number of barbiturate groups is 1. The van der Waals surface area contributed by atoms with Gasteiger partial charge in [0.05, 0.1) is 31.4 Å². The van der Waals surface area contributed by atoms with Gasteiger partial charge in [0.15, 0.2) is 23.0 Å². The van der Waals surface area contributed by atoms with E-state index in [0.29, 0.717) is 41.4 Å². The lowest BCUT2D eigenvalue weighted by molar-refractivity contribution is -0.130. The maximum Gasteiger partial charge on any atom is 0.331 e. The minimum atomic E-state index is -0.843. The van der Waals surface area contributed by atoms with Gasteiger partial charge < -0.3 is 18.9 Å². The minimum absolute atomic E-state index is 0.0344. The van der Waals surface area contributed by atoms with E-state index in [1.807, 2.05) is 13.8 Å². The molecule has 4 rings (SSSR count). The van der Waals surface area contributed by atoms with Gasteiger partial charge in [0.2, 0.25) is 0 Å². The summed E-state index contributed by atoms with van der Waals surface area (Å²) >= 11 is 6.52. The Kier molecular flexibility index (Phi) is 10.6. The molecule has 0 bridgehead atoms. The maximum atomic E-state index is 13.6. The molecule has 3 aromatic carbocycles. The molecule has 0 atom stereocenters. The van der Waals surface area contributed by atoms with Gasteiger partial charge in [0.25, 0.3) is 11.8 Å². The molecule has 0 saturated carbocycles. The summed E-state index contributed by atoms with van der Waals surface area (Å²) in [6.45, 7) is 6.72. The van der Waals surface area contributed by atoms with E-state index < -0.39 is 23.7 Å². The number of urea groups is 1. The number of halogens is 2. The molecule has 0 radical (unpaired) electrons. The van der Waals surface area contributed by atoms with Crippen molar-refractivity contribution in [2.24, 2.45) is 0 Å². The van der Waals surface area contributed by atoms with Gasteiger partial charge in [0.1, 0.15) is 18.0 Å². The molecule has 226 valence electrons. The van der Waals surface area contributed by atoms with E-state index in [-0.39, 0.29) is 41.9 Å². The van der Waals surface area contributed by atoms with Gasteiger partial charge in [-0.1, -0.05) is 36.7 Å². The summed E-state index contributed by atoms with van der Waals surface area (Å²) in [5.74, 6) is -0.476. The molecule has 1 aliphatic rings. The molecule has 0 aliphatic carbocycles. The fraction of sp³-hybridized carbons (Fsp3) is 0.281. The molecule has 9 nitrogen and oxygen atoms in total. The van der Waals surface area contributed by atoms with Crippen molar-refractivity contribution in [2.45, 2.75) is 40.3 Å². The summed E-state index contributed by atoms with van der Waals surface area (Å²) in [6, 6.07) is 13.3. The molecule has 0 spiro atoms. The van der Waals surface area contributed by atoms with Crippen LogP contribution in [0, 0.1) is 5.82 Å².